The fraction of sp³-hybridized carbons (Fsp3) is 0.118. The van der Waals surface area contributed by atoms with Gasteiger partial charge in [-0.05, 0) is 67.5 Å². The van der Waals surface area contributed by atoms with E-state index >= 15 is 0 Å². The van der Waals surface area contributed by atoms with E-state index in [-0.39, 0.29) is 5.56 Å². The number of nitrogens with zero attached hydrogens (tertiary/aromatic N) is 5. The Morgan fingerprint density at radius 1 is 0.977 bits per heavy atom. The molecule has 0 radical (unpaired) electrons. The van der Waals surface area contributed by atoms with Gasteiger partial charge in [0.05, 0.1) is 17.3 Å². The Hall–Kier alpha value is -5.28. The fourth-order valence-electron chi connectivity index (χ4n) is 4.69. The molecule has 0 saturated heterocycles. The van der Waals surface area contributed by atoms with Gasteiger partial charge in [-0.1, -0.05) is 72.0 Å². The summed E-state index contributed by atoms with van der Waals surface area (Å²) < 4.78 is 14.8. The van der Waals surface area contributed by atoms with Crippen molar-refractivity contribution in [2.24, 2.45) is 0 Å². The Bertz CT molecular complexity index is 2090. The van der Waals surface area contributed by atoms with Crippen LogP contribution in [0.25, 0.3) is 40.1 Å². The zero-order chi connectivity index (χ0) is 29.9. The molecule has 0 amide bonds. The van der Waals surface area contributed by atoms with E-state index < -0.39 is 0 Å². The van der Waals surface area contributed by atoms with E-state index in [9.17, 15) is 4.79 Å². The van der Waals surface area contributed by atoms with Crippen molar-refractivity contribution in [2.45, 2.75) is 13.8 Å². The number of hydrogen-bond acceptors (Lipinski definition) is 7. The van der Waals surface area contributed by atoms with Gasteiger partial charge < -0.3 is 9.47 Å². The molecule has 6 aromatic rings. The maximum absolute atomic E-state index is 13.4. The van der Waals surface area contributed by atoms with Crippen LogP contribution >= 0.6 is 11.3 Å². The first kappa shape index (κ1) is 27.9. The summed E-state index contributed by atoms with van der Waals surface area (Å²) >= 11 is 1.30. The lowest BCUT2D eigenvalue weighted by Crippen LogP contribution is -2.23. The summed E-state index contributed by atoms with van der Waals surface area (Å²) in [5.74, 6) is 1.68. The topological polar surface area (TPSA) is 83.5 Å². The lowest BCUT2D eigenvalue weighted by atomic mass is 10.0. The molecule has 0 unspecified atom stereocenters. The van der Waals surface area contributed by atoms with Crippen LogP contribution in [0.5, 0.6) is 11.5 Å². The van der Waals surface area contributed by atoms with Gasteiger partial charge in [0, 0.05) is 17.3 Å². The normalized spacial score (nSPS) is 11.9. The van der Waals surface area contributed by atoms with Crippen molar-refractivity contribution in [3.05, 3.63) is 129 Å². The van der Waals surface area contributed by atoms with Crippen molar-refractivity contribution in [3.8, 4) is 28.4 Å². The van der Waals surface area contributed by atoms with Crippen LogP contribution in [-0.4, -0.2) is 38.1 Å². The molecular weight excluding hydrogens is 558 g/mol. The molecule has 0 aliphatic rings. The highest BCUT2D eigenvalue weighted by molar-refractivity contribution is 7.15. The molecule has 214 valence electrons. The monoisotopic (exact) mass is 587 g/mol. The minimum atomic E-state index is -0.225. The molecule has 43 heavy (non-hydrogen) atoms. The van der Waals surface area contributed by atoms with Gasteiger partial charge in [0.2, 0.25) is 4.96 Å². The zero-order valence-electron chi connectivity index (χ0n) is 24.0. The van der Waals surface area contributed by atoms with Gasteiger partial charge in [-0.15, -0.1) is 5.10 Å². The summed E-state index contributed by atoms with van der Waals surface area (Å²) in [6, 6.07) is 21.8. The average Bonchev–Trinajstić information content (AvgIpc) is 3.71. The second-order valence-electron chi connectivity index (χ2n) is 9.96. The van der Waals surface area contributed by atoms with Gasteiger partial charge in [-0.3, -0.25) is 4.79 Å². The minimum Gasteiger partial charge on any atom is -0.493 e. The number of fused-ring (bicyclic) bond motifs is 1. The van der Waals surface area contributed by atoms with Crippen LogP contribution in [0.15, 0.2) is 90.4 Å². The van der Waals surface area contributed by atoms with Crippen LogP contribution in [0.2, 0.25) is 0 Å². The molecule has 0 saturated carbocycles. The quantitative estimate of drug-likeness (QED) is 0.196. The van der Waals surface area contributed by atoms with Crippen LogP contribution in [0.1, 0.15) is 28.1 Å². The van der Waals surface area contributed by atoms with Crippen molar-refractivity contribution in [1.29, 1.82) is 0 Å². The lowest BCUT2D eigenvalue weighted by molar-refractivity contribution is 0.326. The number of ether oxygens (including phenoxy) is 2. The van der Waals surface area contributed by atoms with Crippen LogP contribution in [0, 0.1) is 13.8 Å². The molecule has 0 aliphatic carbocycles. The smallest absolute Gasteiger partial charge is 0.291 e. The molecule has 3 aromatic heterocycles. The van der Waals surface area contributed by atoms with Crippen molar-refractivity contribution in [1.82, 2.24) is 24.4 Å². The fourth-order valence-corrected chi connectivity index (χ4v) is 5.60. The SMILES string of the molecule is C=CCOc1ccc(/C=C/c2nc3s/c(=C\c4cn(-c5ccccc5)nc4-c4cc(C)ccc4C)c(=O)n3n2)cc1OC. The summed E-state index contributed by atoms with van der Waals surface area (Å²) in [5.41, 5.74) is 6.52. The highest BCUT2D eigenvalue weighted by Crippen LogP contribution is 2.30. The second kappa shape index (κ2) is 11.9. The summed E-state index contributed by atoms with van der Waals surface area (Å²) in [5, 5.41) is 9.40. The highest BCUT2D eigenvalue weighted by atomic mass is 32.1. The first-order valence-electron chi connectivity index (χ1n) is 13.7. The van der Waals surface area contributed by atoms with Crippen molar-refractivity contribution in [2.75, 3.05) is 13.7 Å². The molecule has 0 atom stereocenters. The van der Waals surface area contributed by atoms with Crippen LogP contribution in [0.4, 0.5) is 0 Å². The number of rotatable bonds is 9. The number of para-hydroxylation sites is 1. The molecule has 0 N–H and O–H groups in total. The largest absolute Gasteiger partial charge is 0.493 e. The van der Waals surface area contributed by atoms with Gasteiger partial charge in [-0.25, -0.2) is 4.68 Å². The number of thiazole rings is 1. The molecule has 6 rings (SSSR count). The number of aromatic nitrogens is 5. The lowest BCUT2D eigenvalue weighted by Gasteiger charge is -2.09. The first-order valence-corrected chi connectivity index (χ1v) is 14.5. The predicted octanol–water partition coefficient (Wildman–Crippen LogP) is 5.91. The van der Waals surface area contributed by atoms with E-state index in [0.29, 0.717) is 33.4 Å². The number of aryl methyl sites for hydroxylation is 2. The summed E-state index contributed by atoms with van der Waals surface area (Å²) in [4.78, 5) is 18.5. The van der Waals surface area contributed by atoms with Gasteiger partial charge >= 0.3 is 0 Å². The van der Waals surface area contributed by atoms with Crippen molar-refractivity contribution < 1.29 is 9.47 Å². The van der Waals surface area contributed by atoms with Crippen molar-refractivity contribution in [3.63, 3.8) is 0 Å². The molecule has 3 aromatic carbocycles. The Labute approximate surface area is 252 Å². The van der Waals surface area contributed by atoms with E-state index in [1.807, 2.05) is 71.6 Å². The standard InChI is InChI=1S/C34H29N5O3S/c1-5-17-42-28-15-13-24(19-29(28)41-4)14-16-31-35-34-39(36-31)33(40)30(43-34)20-25-21-38(26-9-7-6-8-10-26)37-32(25)27-18-22(2)11-12-23(27)3/h5-16,18-21H,1,17H2,2-4H3/b16-14+,30-20-. The van der Waals surface area contributed by atoms with Gasteiger partial charge in [0.1, 0.15) is 12.3 Å². The number of methoxy groups -OCH3 is 1. The van der Waals surface area contributed by atoms with Gasteiger partial charge in [-0.2, -0.15) is 14.6 Å². The third-order valence-corrected chi connectivity index (χ3v) is 7.82. The number of benzene rings is 3. The summed E-state index contributed by atoms with van der Waals surface area (Å²) in [6.45, 7) is 8.19. The zero-order valence-corrected chi connectivity index (χ0v) is 24.8. The molecular formula is C34H29N5O3S. The van der Waals surface area contributed by atoms with E-state index in [2.05, 4.69) is 48.7 Å². The maximum atomic E-state index is 13.4. The van der Waals surface area contributed by atoms with Gasteiger partial charge in [0.25, 0.3) is 5.56 Å². The summed E-state index contributed by atoms with van der Waals surface area (Å²) in [6.07, 6.45) is 9.15. The average molecular weight is 588 g/mol. The molecule has 9 heteroatoms. The van der Waals surface area contributed by atoms with E-state index in [1.165, 1.54) is 15.9 Å². The molecule has 8 nitrogen and oxygen atoms in total. The first-order chi connectivity index (χ1) is 20.9. The van der Waals surface area contributed by atoms with E-state index in [1.54, 1.807) is 19.3 Å². The Balaban J connectivity index is 1.36. The van der Waals surface area contributed by atoms with Crippen molar-refractivity contribution >= 4 is 34.5 Å². The maximum Gasteiger partial charge on any atom is 0.291 e. The highest BCUT2D eigenvalue weighted by Gasteiger charge is 2.15. The second-order valence-corrected chi connectivity index (χ2v) is 11.0. The van der Waals surface area contributed by atoms with E-state index in [4.69, 9.17) is 14.6 Å². The van der Waals surface area contributed by atoms with Crippen LogP contribution < -0.4 is 19.6 Å². The Morgan fingerprint density at radius 2 is 1.81 bits per heavy atom. The number of hydrogen-bond donors (Lipinski definition) is 0. The molecule has 0 fully saturated rings. The summed E-state index contributed by atoms with van der Waals surface area (Å²) in [7, 11) is 1.59. The van der Waals surface area contributed by atoms with Crippen LogP contribution in [0.3, 0.4) is 0 Å². The minimum absolute atomic E-state index is 0.225. The molecule has 3 heterocycles. The molecule has 0 aliphatic heterocycles. The van der Waals surface area contributed by atoms with Gasteiger partial charge in [0.15, 0.2) is 17.3 Å². The Kier molecular flexibility index (Phi) is 7.72. The van der Waals surface area contributed by atoms with E-state index in [0.717, 1.165) is 39.2 Å². The third kappa shape index (κ3) is 5.75. The Morgan fingerprint density at radius 3 is 2.58 bits per heavy atom. The predicted molar refractivity (Wildman–Crippen MR) is 172 cm³/mol. The molecule has 0 bridgehead atoms. The third-order valence-electron chi connectivity index (χ3n) is 6.87. The van der Waals surface area contributed by atoms with Crippen LogP contribution in [-0.2, 0) is 0 Å². The molecule has 0 spiro atoms.